The fraction of sp³-hybridized carbons (Fsp3) is 0.714. The Bertz CT molecular complexity index is 445. The predicted octanol–water partition coefficient (Wildman–Crippen LogP) is 3.79. The van der Waals surface area contributed by atoms with Gasteiger partial charge in [-0.1, -0.05) is 20.8 Å². The lowest BCUT2D eigenvalue weighted by Gasteiger charge is -2.28. The second-order valence-corrected chi connectivity index (χ2v) is 6.84. The first-order valence-electron chi connectivity index (χ1n) is 6.58. The Balaban J connectivity index is 2.35. The Morgan fingerprint density at radius 1 is 1.39 bits per heavy atom. The number of thiazole rings is 1. The Labute approximate surface area is 113 Å². The van der Waals surface area contributed by atoms with Crippen LogP contribution in [0.5, 0.6) is 0 Å². The van der Waals surface area contributed by atoms with Crippen LogP contribution in [0.15, 0.2) is 0 Å². The average molecular weight is 267 g/mol. The topological polar surface area (TPSA) is 39.2 Å². The van der Waals surface area contributed by atoms with Crippen LogP contribution in [0, 0.1) is 5.41 Å². The van der Waals surface area contributed by atoms with Gasteiger partial charge in [0.1, 0.15) is 11.1 Å². The zero-order chi connectivity index (χ0) is 13.3. The molecule has 4 heteroatoms. The van der Waals surface area contributed by atoms with Crippen molar-refractivity contribution in [1.82, 2.24) is 4.98 Å². The third kappa shape index (κ3) is 2.64. The minimum absolute atomic E-state index is 0.000491. The molecule has 1 aliphatic carbocycles. The fourth-order valence-electron chi connectivity index (χ4n) is 2.26. The van der Waals surface area contributed by atoms with Crippen LogP contribution in [0.4, 0.5) is 0 Å². The Kier molecular flexibility index (Phi) is 3.87. The highest BCUT2D eigenvalue weighted by molar-refractivity contribution is 7.14. The molecule has 1 unspecified atom stereocenters. The van der Waals surface area contributed by atoms with Crippen molar-refractivity contribution in [3.63, 3.8) is 0 Å². The number of ether oxygens (including phenoxy) is 1. The van der Waals surface area contributed by atoms with Gasteiger partial charge >= 0.3 is 0 Å². The Hall–Kier alpha value is -0.740. The molecule has 18 heavy (non-hydrogen) atoms. The summed E-state index contributed by atoms with van der Waals surface area (Å²) in [7, 11) is 0. The summed E-state index contributed by atoms with van der Waals surface area (Å²) < 4.78 is 5.84. The molecule has 0 aromatic carbocycles. The summed E-state index contributed by atoms with van der Waals surface area (Å²) >= 11 is 1.53. The van der Waals surface area contributed by atoms with Crippen LogP contribution in [-0.2, 0) is 11.2 Å². The fourth-order valence-corrected chi connectivity index (χ4v) is 3.63. The van der Waals surface area contributed by atoms with Gasteiger partial charge < -0.3 is 4.74 Å². The van der Waals surface area contributed by atoms with E-state index >= 15 is 0 Å². The number of aromatic nitrogens is 1. The zero-order valence-electron chi connectivity index (χ0n) is 11.6. The molecule has 1 atom stereocenters. The van der Waals surface area contributed by atoms with E-state index in [0.29, 0.717) is 13.0 Å². The summed E-state index contributed by atoms with van der Waals surface area (Å²) in [6.45, 7) is 9.11. The van der Waals surface area contributed by atoms with E-state index in [1.165, 1.54) is 11.3 Å². The molecule has 0 amide bonds. The molecule has 0 saturated heterocycles. The summed E-state index contributed by atoms with van der Waals surface area (Å²) in [5.41, 5.74) is 0.986. The highest BCUT2D eigenvalue weighted by atomic mass is 32.1. The van der Waals surface area contributed by atoms with Gasteiger partial charge in [0.15, 0.2) is 5.78 Å². The second kappa shape index (κ2) is 5.10. The summed E-state index contributed by atoms with van der Waals surface area (Å²) in [5, 5.41) is 0.963. The average Bonchev–Trinajstić information content (AvgIpc) is 2.69. The number of rotatable bonds is 3. The lowest BCUT2D eigenvalue weighted by atomic mass is 9.89. The number of carbonyl (C=O) groups is 1. The quantitative estimate of drug-likeness (QED) is 0.836. The maximum atomic E-state index is 11.9. The molecule has 2 rings (SSSR count). The number of hydrogen-bond donors (Lipinski definition) is 0. The van der Waals surface area contributed by atoms with Crippen LogP contribution in [0.1, 0.15) is 67.0 Å². The molecule has 1 aromatic rings. The maximum Gasteiger partial charge on any atom is 0.174 e. The van der Waals surface area contributed by atoms with E-state index < -0.39 is 0 Å². The maximum absolute atomic E-state index is 11.9. The van der Waals surface area contributed by atoms with Crippen molar-refractivity contribution < 1.29 is 9.53 Å². The van der Waals surface area contributed by atoms with E-state index in [2.05, 4.69) is 25.8 Å². The summed E-state index contributed by atoms with van der Waals surface area (Å²) in [5.74, 6) is 0.254. The van der Waals surface area contributed by atoms with Gasteiger partial charge in [-0.3, -0.25) is 4.79 Å². The first kappa shape index (κ1) is 13.7. The van der Waals surface area contributed by atoms with Crippen molar-refractivity contribution in [2.75, 3.05) is 6.61 Å². The first-order chi connectivity index (χ1) is 8.43. The van der Waals surface area contributed by atoms with Crippen molar-refractivity contribution in [3.8, 4) is 0 Å². The lowest BCUT2D eigenvalue weighted by Crippen LogP contribution is -2.21. The number of ketones is 1. The highest BCUT2D eigenvalue weighted by Crippen LogP contribution is 2.40. The van der Waals surface area contributed by atoms with Gasteiger partial charge in [0.05, 0.1) is 10.6 Å². The van der Waals surface area contributed by atoms with Gasteiger partial charge in [0.25, 0.3) is 0 Å². The minimum Gasteiger partial charge on any atom is -0.371 e. The molecule has 1 aromatic heterocycles. The molecule has 0 radical (unpaired) electrons. The van der Waals surface area contributed by atoms with Crippen LogP contribution in [0.3, 0.4) is 0 Å². The molecule has 0 fully saturated rings. The van der Waals surface area contributed by atoms with E-state index in [-0.39, 0.29) is 17.3 Å². The van der Waals surface area contributed by atoms with Crippen LogP contribution in [0.2, 0.25) is 0 Å². The number of aryl methyl sites for hydroxylation is 1. The molecule has 1 aliphatic rings. The van der Waals surface area contributed by atoms with Gasteiger partial charge in [-0.05, 0) is 25.2 Å². The van der Waals surface area contributed by atoms with Crippen LogP contribution >= 0.6 is 11.3 Å². The predicted molar refractivity (Wildman–Crippen MR) is 73.2 cm³/mol. The summed E-state index contributed by atoms with van der Waals surface area (Å²) in [6, 6.07) is 0. The van der Waals surface area contributed by atoms with E-state index in [0.717, 1.165) is 28.4 Å². The molecule has 0 saturated carbocycles. The Morgan fingerprint density at radius 2 is 2.11 bits per heavy atom. The van der Waals surface area contributed by atoms with E-state index in [9.17, 15) is 4.79 Å². The van der Waals surface area contributed by atoms with Gasteiger partial charge in [-0.25, -0.2) is 4.98 Å². The van der Waals surface area contributed by atoms with Crippen molar-refractivity contribution in [2.24, 2.45) is 5.41 Å². The van der Waals surface area contributed by atoms with Gasteiger partial charge in [-0.2, -0.15) is 0 Å². The standard InChI is InChI=1S/C14H21NO2S/c1-5-17-12(14(2,3)4)13-15-9-7-6-8-10(16)11(9)18-13/h12H,5-8H2,1-4H3. The molecule has 0 aliphatic heterocycles. The third-order valence-electron chi connectivity index (χ3n) is 3.13. The summed E-state index contributed by atoms with van der Waals surface area (Å²) in [6.07, 6.45) is 2.51. The molecule has 0 N–H and O–H groups in total. The van der Waals surface area contributed by atoms with Crippen molar-refractivity contribution >= 4 is 17.1 Å². The number of nitrogens with zero attached hydrogens (tertiary/aromatic N) is 1. The van der Waals surface area contributed by atoms with Gasteiger partial charge in [-0.15, -0.1) is 11.3 Å². The normalized spacial score (nSPS) is 17.7. The highest BCUT2D eigenvalue weighted by Gasteiger charge is 2.32. The van der Waals surface area contributed by atoms with Crippen molar-refractivity contribution in [3.05, 3.63) is 15.6 Å². The molecule has 0 spiro atoms. The van der Waals surface area contributed by atoms with Crippen LogP contribution in [0.25, 0.3) is 0 Å². The molecular formula is C14H21NO2S. The molecule has 0 bridgehead atoms. The van der Waals surface area contributed by atoms with Gasteiger partial charge in [0.2, 0.25) is 0 Å². The third-order valence-corrected chi connectivity index (χ3v) is 4.31. The van der Waals surface area contributed by atoms with E-state index in [4.69, 9.17) is 4.74 Å². The number of carbonyl (C=O) groups excluding carboxylic acids is 1. The van der Waals surface area contributed by atoms with Gasteiger partial charge in [0, 0.05) is 13.0 Å². The zero-order valence-corrected chi connectivity index (χ0v) is 12.4. The van der Waals surface area contributed by atoms with E-state index in [1.54, 1.807) is 0 Å². The molecule has 3 nitrogen and oxygen atoms in total. The second-order valence-electron chi connectivity index (χ2n) is 5.81. The lowest BCUT2D eigenvalue weighted by molar-refractivity contribution is -0.0134. The smallest absolute Gasteiger partial charge is 0.174 e. The number of hydrogen-bond acceptors (Lipinski definition) is 4. The number of fused-ring (bicyclic) bond motifs is 1. The summed E-state index contributed by atoms with van der Waals surface area (Å²) in [4.78, 5) is 17.4. The first-order valence-corrected chi connectivity index (χ1v) is 7.39. The largest absolute Gasteiger partial charge is 0.371 e. The van der Waals surface area contributed by atoms with Crippen LogP contribution < -0.4 is 0 Å². The number of Topliss-reactive ketones (excluding diaryl/α,β-unsaturated/α-hetero) is 1. The molecular weight excluding hydrogens is 246 g/mol. The Morgan fingerprint density at radius 3 is 2.67 bits per heavy atom. The SMILES string of the molecule is CCOC(c1nc2c(s1)C(=O)CCC2)C(C)(C)C. The van der Waals surface area contributed by atoms with Crippen molar-refractivity contribution in [2.45, 2.75) is 53.1 Å². The van der Waals surface area contributed by atoms with E-state index in [1.807, 2.05) is 6.92 Å². The minimum atomic E-state index is -0.0223. The molecule has 1 heterocycles. The molecule has 100 valence electrons. The van der Waals surface area contributed by atoms with Crippen molar-refractivity contribution in [1.29, 1.82) is 0 Å². The van der Waals surface area contributed by atoms with Crippen LogP contribution in [-0.4, -0.2) is 17.4 Å². The monoisotopic (exact) mass is 267 g/mol.